The van der Waals surface area contributed by atoms with Gasteiger partial charge in [0.15, 0.2) is 0 Å². The molecular weight excluding hydrogens is 210 g/mol. The summed E-state index contributed by atoms with van der Waals surface area (Å²) >= 11 is 0. The summed E-state index contributed by atoms with van der Waals surface area (Å²) in [7, 11) is 1.97. The first kappa shape index (κ1) is 11.6. The number of pyridine rings is 1. The summed E-state index contributed by atoms with van der Waals surface area (Å²) in [4.78, 5) is 4.00. The van der Waals surface area contributed by atoms with Crippen LogP contribution < -0.4 is 11.1 Å². The smallest absolute Gasteiger partial charge is 0.123 e. The predicted octanol–water partition coefficient (Wildman–Crippen LogP) is 2.17. The number of rotatable bonds is 4. The van der Waals surface area contributed by atoms with Crippen LogP contribution in [-0.4, -0.2) is 12.0 Å². The van der Waals surface area contributed by atoms with Crippen LogP contribution in [0.1, 0.15) is 17.2 Å². The Morgan fingerprint density at radius 1 is 1.24 bits per heavy atom. The number of nitrogen functional groups attached to an aromatic ring is 1. The highest BCUT2D eigenvalue weighted by molar-refractivity contribution is 5.33. The van der Waals surface area contributed by atoms with Crippen molar-refractivity contribution in [2.24, 2.45) is 0 Å². The molecule has 0 amide bonds. The van der Waals surface area contributed by atoms with E-state index >= 15 is 0 Å². The van der Waals surface area contributed by atoms with Gasteiger partial charge in [-0.05, 0) is 36.7 Å². The van der Waals surface area contributed by atoms with Crippen LogP contribution in [0.25, 0.3) is 0 Å². The molecule has 3 heteroatoms. The fourth-order valence-electron chi connectivity index (χ4n) is 1.93. The van der Waals surface area contributed by atoms with Gasteiger partial charge in [-0.2, -0.15) is 0 Å². The van der Waals surface area contributed by atoms with Gasteiger partial charge in [-0.3, -0.25) is 0 Å². The van der Waals surface area contributed by atoms with Crippen molar-refractivity contribution in [3.63, 3.8) is 0 Å². The van der Waals surface area contributed by atoms with Crippen LogP contribution in [0.15, 0.2) is 48.7 Å². The second-order valence-electron chi connectivity index (χ2n) is 4.05. The molecule has 3 N–H and O–H groups in total. The minimum atomic E-state index is 0.304. The Balaban J connectivity index is 2.16. The summed E-state index contributed by atoms with van der Waals surface area (Å²) in [6.07, 6.45) is 2.66. The first-order valence-electron chi connectivity index (χ1n) is 5.72. The first-order valence-corrected chi connectivity index (χ1v) is 5.72. The van der Waals surface area contributed by atoms with Crippen LogP contribution >= 0.6 is 0 Å². The van der Waals surface area contributed by atoms with E-state index < -0.39 is 0 Å². The molecule has 0 saturated carbocycles. The summed E-state index contributed by atoms with van der Waals surface area (Å²) < 4.78 is 0. The third-order valence-electron chi connectivity index (χ3n) is 2.84. The number of hydrogen-bond donors (Lipinski definition) is 2. The molecular formula is C14H17N3. The average Bonchev–Trinajstić information content (AvgIpc) is 2.37. The summed E-state index contributed by atoms with van der Waals surface area (Å²) in [5, 5.41) is 3.33. The number of hydrogen-bond acceptors (Lipinski definition) is 3. The third kappa shape index (κ3) is 3.04. The highest BCUT2D eigenvalue weighted by Crippen LogP contribution is 2.18. The maximum atomic E-state index is 5.68. The number of aromatic nitrogens is 1. The molecule has 0 aliphatic heterocycles. The van der Waals surface area contributed by atoms with Crippen LogP contribution in [0.3, 0.4) is 0 Å². The van der Waals surface area contributed by atoms with Gasteiger partial charge < -0.3 is 11.1 Å². The SMILES string of the molecule is CNC(Cc1ccnc(N)c1)c1ccccc1. The summed E-state index contributed by atoms with van der Waals surface area (Å²) in [6.45, 7) is 0. The number of benzene rings is 1. The number of anilines is 1. The van der Waals surface area contributed by atoms with Gasteiger partial charge in [0.05, 0.1) is 0 Å². The Morgan fingerprint density at radius 3 is 2.65 bits per heavy atom. The van der Waals surface area contributed by atoms with Crippen molar-refractivity contribution < 1.29 is 0 Å². The van der Waals surface area contributed by atoms with Crippen molar-refractivity contribution >= 4 is 5.82 Å². The number of nitrogens with two attached hydrogens (primary N) is 1. The molecule has 0 aliphatic rings. The van der Waals surface area contributed by atoms with Crippen molar-refractivity contribution in [3.05, 3.63) is 59.8 Å². The second kappa shape index (κ2) is 5.46. The van der Waals surface area contributed by atoms with Crippen molar-refractivity contribution in [1.82, 2.24) is 10.3 Å². The molecule has 3 nitrogen and oxygen atoms in total. The van der Waals surface area contributed by atoms with Gasteiger partial charge >= 0.3 is 0 Å². The molecule has 1 aromatic heterocycles. The molecule has 0 saturated heterocycles. The molecule has 1 atom stereocenters. The standard InChI is InChI=1S/C14H17N3/c1-16-13(12-5-3-2-4-6-12)9-11-7-8-17-14(15)10-11/h2-8,10,13,16H,9H2,1H3,(H2,15,17). The average molecular weight is 227 g/mol. The van der Waals surface area contributed by atoms with E-state index in [0.717, 1.165) is 6.42 Å². The highest BCUT2D eigenvalue weighted by Gasteiger charge is 2.09. The lowest BCUT2D eigenvalue weighted by Crippen LogP contribution is -2.18. The lowest BCUT2D eigenvalue weighted by Gasteiger charge is -2.16. The Bertz CT molecular complexity index is 468. The van der Waals surface area contributed by atoms with Gasteiger partial charge in [0.2, 0.25) is 0 Å². The summed E-state index contributed by atoms with van der Waals surface area (Å²) in [5.41, 5.74) is 8.16. The number of likely N-dealkylation sites (N-methyl/N-ethyl adjacent to an activating group) is 1. The fourth-order valence-corrected chi connectivity index (χ4v) is 1.93. The van der Waals surface area contributed by atoms with Gasteiger partial charge in [-0.1, -0.05) is 30.3 Å². The zero-order chi connectivity index (χ0) is 12.1. The van der Waals surface area contributed by atoms with E-state index in [1.807, 2.05) is 25.2 Å². The van der Waals surface area contributed by atoms with Gasteiger partial charge in [0.1, 0.15) is 5.82 Å². The number of nitrogens with zero attached hydrogens (tertiary/aromatic N) is 1. The van der Waals surface area contributed by atoms with Crippen molar-refractivity contribution in [1.29, 1.82) is 0 Å². The molecule has 1 aromatic carbocycles. The Labute approximate surface area is 102 Å². The zero-order valence-electron chi connectivity index (χ0n) is 9.93. The van der Waals surface area contributed by atoms with Crippen molar-refractivity contribution in [3.8, 4) is 0 Å². The van der Waals surface area contributed by atoms with Crippen molar-refractivity contribution in [2.45, 2.75) is 12.5 Å². The first-order chi connectivity index (χ1) is 8.29. The monoisotopic (exact) mass is 227 g/mol. The largest absolute Gasteiger partial charge is 0.384 e. The van der Waals surface area contributed by atoms with Crippen LogP contribution in [0.4, 0.5) is 5.82 Å². The molecule has 0 aliphatic carbocycles. The predicted molar refractivity (Wildman–Crippen MR) is 70.6 cm³/mol. The van der Waals surface area contributed by atoms with E-state index in [1.165, 1.54) is 11.1 Å². The Morgan fingerprint density at radius 2 is 2.00 bits per heavy atom. The number of nitrogens with one attached hydrogen (secondary N) is 1. The van der Waals surface area contributed by atoms with E-state index in [1.54, 1.807) is 6.20 Å². The van der Waals surface area contributed by atoms with Gasteiger partial charge in [-0.15, -0.1) is 0 Å². The summed E-state index contributed by atoms with van der Waals surface area (Å²) in [5.74, 6) is 0.574. The topological polar surface area (TPSA) is 50.9 Å². The van der Waals surface area contributed by atoms with Gasteiger partial charge in [0.25, 0.3) is 0 Å². The van der Waals surface area contributed by atoms with Crippen LogP contribution in [0.2, 0.25) is 0 Å². The van der Waals surface area contributed by atoms with E-state index in [4.69, 9.17) is 5.73 Å². The molecule has 2 rings (SSSR count). The van der Waals surface area contributed by atoms with Gasteiger partial charge in [-0.25, -0.2) is 4.98 Å². The lowest BCUT2D eigenvalue weighted by atomic mass is 10.00. The summed E-state index contributed by atoms with van der Waals surface area (Å²) in [6, 6.07) is 14.6. The molecule has 0 fully saturated rings. The van der Waals surface area contributed by atoms with Crippen LogP contribution in [-0.2, 0) is 6.42 Å². The molecule has 1 unspecified atom stereocenters. The van der Waals surface area contributed by atoms with Crippen molar-refractivity contribution in [2.75, 3.05) is 12.8 Å². The van der Waals surface area contributed by atoms with Crippen LogP contribution in [0.5, 0.6) is 0 Å². The maximum absolute atomic E-state index is 5.68. The molecule has 1 heterocycles. The second-order valence-corrected chi connectivity index (χ2v) is 4.05. The van der Waals surface area contributed by atoms with E-state index in [9.17, 15) is 0 Å². The van der Waals surface area contributed by atoms with E-state index in [0.29, 0.717) is 11.9 Å². The Hall–Kier alpha value is -1.87. The van der Waals surface area contributed by atoms with E-state index in [-0.39, 0.29) is 0 Å². The third-order valence-corrected chi connectivity index (χ3v) is 2.84. The molecule has 0 spiro atoms. The minimum absolute atomic E-state index is 0.304. The van der Waals surface area contributed by atoms with Crippen LogP contribution in [0, 0.1) is 0 Å². The molecule has 2 aromatic rings. The fraction of sp³-hybridized carbons (Fsp3) is 0.214. The molecule has 0 radical (unpaired) electrons. The minimum Gasteiger partial charge on any atom is -0.384 e. The molecule has 88 valence electrons. The maximum Gasteiger partial charge on any atom is 0.123 e. The molecule has 0 bridgehead atoms. The molecule has 17 heavy (non-hydrogen) atoms. The van der Waals surface area contributed by atoms with E-state index in [2.05, 4.69) is 34.6 Å². The Kier molecular flexibility index (Phi) is 3.73. The lowest BCUT2D eigenvalue weighted by molar-refractivity contribution is 0.592. The normalized spacial score (nSPS) is 12.3. The quantitative estimate of drug-likeness (QED) is 0.841. The zero-order valence-corrected chi connectivity index (χ0v) is 9.93. The van der Waals surface area contributed by atoms with Gasteiger partial charge in [0, 0.05) is 12.2 Å². The highest BCUT2D eigenvalue weighted by atomic mass is 14.9.